The minimum Gasteiger partial charge on any atom is -0.361 e. The number of benzene rings is 3. The maximum absolute atomic E-state index is 13.4. The predicted octanol–water partition coefficient (Wildman–Crippen LogP) is 6.62. The van der Waals surface area contributed by atoms with Crippen molar-refractivity contribution in [3.05, 3.63) is 105 Å². The van der Waals surface area contributed by atoms with Crippen LogP contribution in [0.3, 0.4) is 0 Å². The summed E-state index contributed by atoms with van der Waals surface area (Å²) in [7, 11) is 0. The molecule has 1 amide bonds. The van der Waals surface area contributed by atoms with Crippen LogP contribution in [0.2, 0.25) is 0 Å². The second kappa shape index (κ2) is 9.34. The van der Waals surface area contributed by atoms with Crippen molar-refractivity contribution in [3.63, 3.8) is 0 Å². The van der Waals surface area contributed by atoms with Crippen molar-refractivity contribution < 1.29 is 4.79 Å². The molecule has 6 heteroatoms. The van der Waals surface area contributed by atoms with Gasteiger partial charge in [-0.3, -0.25) is 9.69 Å². The van der Waals surface area contributed by atoms with E-state index in [1.807, 2.05) is 72.9 Å². The van der Waals surface area contributed by atoms with Gasteiger partial charge in [-0.1, -0.05) is 48.5 Å². The van der Waals surface area contributed by atoms with Crippen molar-refractivity contribution in [2.24, 2.45) is 4.99 Å². The number of hydrogen-bond donors (Lipinski definition) is 1. The second-order valence-electron chi connectivity index (χ2n) is 7.46. The van der Waals surface area contributed by atoms with Gasteiger partial charge in [0.1, 0.15) is 0 Å². The molecule has 1 N–H and O–H groups in total. The highest BCUT2D eigenvalue weighted by Gasteiger charge is 2.33. The number of amides is 1. The van der Waals surface area contributed by atoms with Crippen LogP contribution >= 0.6 is 34.4 Å². The summed E-state index contributed by atoms with van der Waals surface area (Å²) >= 11 is 3.73. The second-order valence-corrected chi connectivity index (χ2v) is 9.72. The van der Waals surface area contributed by atoms with Crippen LogP contribution in [-0.4, -0.2) is 27.5 Å². The van der Waals surface area contributed by atoms with Gasteiger partial charge in [-0.25, -0.2) is 4.99 Å². The van der Waals surface area contributed by atoms with Crippen molar-refractivity contribution in [1.82, 2.24) is 9.88 Å². The van der Waals surface area contributed by atoms with Crippen LogP contribution in [-0.2, 0) is 11.2 Å². The zero-order valence-electron chi connectivity index (χ0n) is 17.2. The number of aliphatic imine (C=N–C) groups is 1. The molecule has 0 saturated carbocycles. The van der Waals surface area contributed by atoms with Gasteiger partial charge < -0.3 is 4.98 Å². The molecule has 4 aromatic rings. The van der Waals surface area contributed by atoms with E-state index in [-0.39, 0.29) is 5.91 Å². The van der Waals surface area contributed by atoms with Crippen molar-refractivity contribution in [3.8, 4) is 0 Å². The number of nitrogens with zero attached hydrogens (tertiary/aromatic N) is 2. The number of aromatic nitrogens is 1. The Morgan fingerprint density at radius 2 is 1.81 bits per heavy atom. The summed E-state index contributed by atoms with van der Waals surface area (Å²) < 4.78 is 1.14. The highest BCUT2D eigenvalue weighted by atomic mass is 127. The largest absolute Gasteiger partial charge is 0.361 e. The van der Waals surface area contributed by atoms with Gasteiger partial charge in [0.15, 0.2) is 5.17 Å². The molecule has 1 aliphatic heterocycles. The van der Waals surface area contributed by atoms with Crippen LogP contribution in [0.15, 0.2) is 95.0 Å². The molecule has 2 heterocycles. The van der Waals surface area contributed by atoms with E-state index in [1.54, 1.807) is 4.90 Å². The maximum atomic E-state index is 13.4. The van der Waals surface area contributed by atoms with E-state index >= 15 is 0 Å². The Labute approximate surface area is 204 Å². The van der Waals surface area contributed by atoms with E-state index in [9.17, 15) is 4.79 Å². The third kappa shape index (κ3) is 4.52. The number of carbonyl (C=O) groups excluding carboxylic acids is 1. The Hall–Kier alpha value is -2.84. The summed E-state index contributed by atoms with van der Waals surface area (Å²) in [6, 6.07) is 26.2. The highest BCUT2D eigenvalue weighted by Crippen LogP contribution is 2.34. The summed E-state index contributed by atoms with van der Waals surface area (Å²) in [5, 5.41) is 1.92. The van der Waals surface area contributed by atoms with Crippen LogP contribution in [0.1, 0.15) is 11.1 Å². The zero-order chi connectivity index (χ0) is 21.9. The fraction of sp³-hybridized carbons (Fsp3) is 0.0769. The molecule has 32 heavy (non-hydrogen) atoms. The van der Waals surface area contributed by atoms with Crippen molar-refractivity contribution in [2.45, 2.75) is 6.42 Å². The van der Waals surface area contributed by atoms with Crippen LogP contribution in [0.5, 0.6) is 0 Å². The van der Waals surface area contributed by atoms with Gasteiger partial charge >= 0.3 is 0 Å². The van der Waals surface area contributed by atoms with Crippen LogP contribution in [0.4, 0.5) is 5.69 Å². The smallest absolute Gasteiger partial charge is 0.266 e. The Balaban J connectivity index is 1.45. The average molecular weight is 549 g/mol. The molecule has 0 spiro atoms. The molecule has 1 fully saturated rings. The zero-order valence-corrected chi connectivity index (χ0v) is 20.1. The molecule has 0 unspecified atom stereocenters. The van der Waals surface area contributed by atoms with Crippen molar-refractivity contribution in [1.29, 1.82) is 0 Å². The van der Waals surface area contributed by atoms with E-state index in [4.69, 9.17) is 4.99 Å². The first kappa shape index (κ1) is 21.0. The summed E-state index contributed by atoms with van der Waals surface area (Å²) in [6.07, 6.45) is 4.75. The van der Waals surface area contributed by atoms with E-state index in [0.717, 1.165) is 31.9 Å². The Kier molecular flexibility index (Phi) is 6.14. The molecule has 4 nitrogen and oxygen atoms in total. The first-order valence-corrected chi connectivity index (χ1v) is 12.2. The predicted molar refractivity (Wildman–Crippen MR) is 142 cm³/mol. The quantitative estimate of drug-likeness (QED) is 0.225. The molecule has 3 aromatic carbocycles. The number of rotatable bonds is 5. The van der Waals surface area contributed by atoms with E-state index < -0.39 is 0 Å². The summed E-state index contributed by atoms with van der Waals surface area (Å²) in [5.74, 6) is 0.00313. The van der Waals surface area contributed by atoms with Gasteiger partial charge in [0.25, 0.3) is 5.91 Å². The lowest BCUT2D eigenvalue weighted by Gasteiger charge is -2.15. The average Bonchev–Trinajstić information content (AvgIpc) is 3.34. The monoisotopic (exact) mass is 549 g/mol. The summed E-state index contributed by atoms with van der Waals surface area (Å²) in [6.45, 7) is 0.572. The summed E-state index contributed by atoms with van der Waals surface area (Å²) in [4.78, 5) is 24.0. The SMILES string of the molecule is O=C1C(=Cc2cccc(I)c2)SC(=Nc2ccccc2)N1CCc1c[nH]c2ccccc12. The van der Waals surface area contributed by atoms with E-state index in [0.29, 0.717) is 11.4 Å². The van der Waals surface area contributed by atoms with Gasteiger partial charge in [-0.2, -0.15) is 0 Å². The highest BCUT2D eigenvalue weighted by molar-refractivity contribution is 14.1. The Bertz CT molecular complexity index is 1340. The van der Waals surface area contributed by atoms with Crippen LogP contribution in [0.25, 0.3) is 17.0 Å². The Morgan fingerprint density at radius 1 is 1.00 bits per heavy atom. The molecule has 0 atom stereocenters. The van der Waals surface area contributed by atoms with E-state index in [2.05, 4.69) is 45.8 Å². The Morgan fingerprint density at radius 3 is 2.66 bits per heavy atom. The molecule has 158 valence electrons. The van der Waals surface area contributed by atoms with Crippen LogP contribution < -0.4 is 0 Å². The third-order valence-electron chi connectivity index (χ3n) is 5.30. The number of aromatic amines is 1. The fourth-order valence-corrected chi connectivity index (χ4v) is 5.31. The number of hydrogen-bond acceptors (Lipinski definition) is 3. The van der Waals surface area contributed by atoms with Crippen molar-refractivity contribution in [2.75, 3.05) is 6.54 Å². The third-order valence-corrected chi connectivity index (χ3v) is 6.97. The number of thioether (sulfide) groups is 1. The molecule has 0 radical (unpaired) electrons. The normalized spacial score (nSPS) is 16.5. The lowest BCUT2D eigenvalue weighted by Crippen LogP contribution is -2.31. The molecule has 1 saturated heterocycles. The standard InChI is InChI=1S/C26H20IN3OS/c27-20-8-6-7-18(15-20)16-24-25(31)30(26(32-24)29-21-9-2-1-3-10-21)14-13-19-17-28-23-12-5-4-11-22(19)23/h1-12,15-17,28H,13-14H2. The summed E-state index contributed by atoms with van der Waals surface area (Å²) in [5.41, 5.74) is 4.18. The van der Waals surface area contributed by atoms with E-state index in [1.165, 1.54) is 22.7 Å². The molecule has 5 rings (SSSR count). The minimum atomic E-state index is 0.00313. The molecule has 1 aliphatic rings. The molecule has 0 aliphatic carbocycles. The van der Waals surface area contributed by atoms with Gasteiger partial charge in [-0.05, 0) is 88.3 Å². The maximum Gasteiger partial charge on any atom is 0.266 e. The van der Waals surface area contributed by atoms with Gasteiger partial charge in [0.05, 0.1) is 10.6 Å². The first-order valence-electron chi connectivity index (χ1n) is 10.3. The topological polar surface area (TPSA) is 48.5 Å². The molecular weight excluding hydrogens is 529 g/mol. The lowest BCUT2D eigenvalue weighted by atomic mass is 10.1. The number of amidine groups is 1. The minimum absolute atomic E-state index is 0.00313. The molecule has 0 bridgehead atoms. The number of nitrogens with one attached hydrogen (secondary N) is 1. The number of fused-ring (bicyclic) bond motifs is 1. The number of halogens is 1. The van der Waals surface area contributed by atoms with Crippen LogP contribution in [0, 0.1) is 3.57 Å². The molecule has 1 aromatic heterocycles. The van der Waals surface area contributed by atoms with Gasteiger partial charge in [-0.15, -0.1) is 0 Å². The lowest BCUT2D eigenvalue weighted by molar-refractivity contribution is -0.122. The van der Waals surface area contributed by atoms with Gasteiger partial charge in [0, 0.05) is 27.2 Å². The number of para-hydroxylation sites is 2. The first-order chi connectivity index (χ1) is 15.7. The fourth-order valence-electron chi connectivity index (χ4n) is 3.72. The number of carbonyl (C=O) groups is 1. The number of H-pyrrole nitrogens is 1. The van der Waals surface area contributed by atoms with Crippen molar-refractivity contribution >= 4 is 68.1 Å². The molecular formula is C26H20IN3OS. The van der Waals surface area contributed by atoms with Gasteiger partial charge in [0.2, 0.25) is 0 Å².